The molecule has 10 fully saturated rings. The van der Waals surface area contributed by atoms with Crippen molar-refractivity contribution in [3.63, 3.8) is 0 Å². The molecule has 12 heteroatoms. The SMILES string of the molecule is C[C@H]1[C@@H](CC(C[C@H]2O[C@@H]3O[C@]4(C)CC[C@H]5[C@H](C)CC[C@@H]([C@H]2C)[C@@]35OO4)CS(=O)(=O)c2ccc(CO)cc2)O[C@@H]2O[C@]3(C)CC[C@H]4[C@H](C)CC[C@@H]1[C@@]24OO3. The standard InChI is InChI=1S/C41H60O11S/c1-23-7-13-32-25(3)34(45-36-40(32)30(23)15-17-38(5,47-36)49-51-40)19-28(22-53(43,44)29-11-9-27(21-42)10-12-29)20-35-26(4)33-14-8-24(2)31-16-18-39(6)48-37(46-35)41(31,33)52-50-39/h9-12,23-26,28,30-37,42H,7-8,13-22H2,1-6H3/t23-,24-,25-,26-,30+,31+,32+,33+,34-,35-,36-,37-,38+,39+,40-,41-/m1/s1. The number of aliphatic hydroxyl groups is 1. The summed E-state index contributed by atoms with van der Waals surface area (Å²) in [7, 11) is -3.71. The molecule has 2 saturated carbocycles. The molecule has 1 aromatic carbocycles. The van der Waals surface area contributed by atoms with Crippen LogP contribution in [-0.4, -0.2) is 66.8 Å². The van der Waals surface area contributed by atoms with Gasteiger partial charge in [-0.15, -0.1) is 0 Å². The zero-order chi connectivity index (χ0) is 37.1. The molecule has 0 amide bonds. The highest BCUT2D eigenvalue weighted by molar-refractivity contribution is 7.91. The molecule has 16 atom stereocenters. The molecule has 8 saturated heterocycles. The van der Waals surface area contributed by atoms with Gasteiger partial charge in [0, 0.05) is 24.7 Å². The van der Waals surface area contributed by atoms with Crippen molar-refractivity contribution in [2.45, 2.75) is 165 Å². The first-order valence-corrected chi connectivity index (χ1v) is 22.2. The molecule has 10 aliphatic rings. The third kappa shape index (κ3) is 5.85. The van der Waals surface area contributed by atoms with Crippen molar-refractivity contribution in [3.05, 3.63) is 29.8 Å². The second kappa shape index (κ2) is 13.2. The second-order valence-corrected chi connectivity index (χ2v) is 20.8. The van der Waals surface area contributed by atoms with Crippen LogP contribution in [0.2, 0.25) is 0 Å². The smallest absolute Gasteiger partial charge is 0.201 e. The van der Waals surface area contributed by atoms with Crippen LogP contribution in [0.5, 0.6) is 0 Å². The molecule has 0 aromatic heterocycles. The quantitative estimate of drug-likeness (QED) is 0.280. The van der Waals surface area contributed by atoms with Gasteiger partial charge in [-0.1, -0.05) is 39.8 Å². The first-order valence-electron chi connectivity index (χ1n) is 20.5. The van der Waals surface area contributed by atoms with Gasteiger partial charge in [-0.05, 0) is 124 Å². The highest BCUT2D eigenvalue weighted by Gasteiger charge is 2.71. The van der Waals surface area contributed by atoms with Gasteiger partial charge >= 0.3 is 0 Å². The number of benzene rings is 1. The largest absolute Gasteiger partial charge is 0.392 e. The predicted octanol–water partition coefficient (Wildman–Crippen LogP) is 6.85. The van der Waals surface area contributed by atoms with Gasteiger partial charge in [0.05, 0.1) is 29.5 Å². The maximum atomic E-state index is 14.3. The minimum atomic E-state index is -3.71. The van der Waals surface area contributed by atoms with Gasteiger partial charge < -0.3 is 24.1 Å². The molecule has 8 aliphatic heterocycles. The van der Waals surface area contributed by atoms with E-state index in [1.54, 1.807) is 24.3 Å². The summed E-state index contributed by atoms with van der Waals surface area (Å²) < 4.78 is 56.0. The Morgan fingerprint density at radius 3 is 1.60 bits per heavy atom. The van der Waals surface area contributed by atoms with E-state index in [-0.39, 0.29) is 70.9 Å². The zero-order valence-electron chi connectivity index (χ0n) is 32.2. The number of fused-ring (bicyclic) bond motifs is 4. The fraction of sp³-hybridized carbons (Fsp3) is 0.854. The average Bonchev–Trinajstić information content (AvgIpc) is 3.50. The first-order chi connectivity index (χ1) is 25.2. The van der Waals surface area contributed by atoms with Crippen LogP contribution in [0.25, 0.3) is 0 Å². The summed E-state index contributed by atoms with van der Waals surface area (Å²) in [5.41, 5.74) is -0.692. The fourth-order valence-electron chi connectivity index (χ4n) is 12.6. The van der Waals surface area contributed by atoms with Crippen molar-refractivity contribution in [2.75, 3.05) is 5.75 Å². The Bertz CT molecular complexity index is 1560. The Balaban J connectivity index is 1.03. The third-order valence-electron chi connectivity index (χ3n) is 15.6. The summed E-state index contributed by atoms with van der Waals surface area (Å²) >= 11 is 0. The first kappa shape index (κ1) is 37.4. The van der Waals surface area contributed by atoms with Gasteiger partial charge in [-0.25, -0.2) is 28.0 Å². The number of rotatable bonds is 8. The Labute approximate surface area is 314 Å². The summed E-state index contributed by atoms with van der Waals surface area (Å²) in [5.74, 6) is -0.215. The van der Waals surface area contributed by atoms with E-state index in [0.29, 0.717) is 30.2 Å². The zero-order valence-corrected chi connectivity index (χ0v) is 33.1. The Morgan fingerprint density at radius 2 is 1.15 bits per heavy atom. The lowest BCUT2D eigenvalue weighted by molar-refractivity contribution is -0.571. The predicted molar refractivity (Wildman–Crippen MR) is 191 cm³/mol. The lowest BCUT2D eigenvalue weighted by Gasteiger charge is -2.61. The van der Waals surface area contributed by atoms with E-state index in [1.807, 2.05) is 13.8 Å². The van der Waals surface area contributed by atoms with Crippen LogP contribution < -0.4 is 0 Å². The van der Waals surface area contributed by atoms with E-state index in [9.17, 15) is 13.5 Å². The Hall–Kier alpha value is -1.19. The van der Waals surface area contributed by atoms with Crippen LogP contribution in [0, 0.1) is 53.3 Å². The van der Waals surface area contributed by atoms with Gasteiger partial charge in [0.1, 0.15) is 0 Å². The monoisotopic (exact) mass is 760 g/mol. The maximum absolute atomic E-state index is 14.3. The normalized spacial score (nSPS) is 50.8. The van der Waals surface area contributed by atoms with Crippen molar-refractivity contribution >= 4 is 9.84 Å². The molecule has 11 rings (SSSR count). The molecule has 4 bridgehead atoms. The summed E-state index contributed by atoms with van der Waals surface area (Å²) in [6.07, 6.45) is 6.92. The molecule has 0 radical (unpaired) electrons. The summed E-state index contributed by atoms with van der Waals surface area (Å²) in [6, 6.07) is 6.59. The number of hydrogen-bond donors (Lipinski definition) is 1. The molecule has 2 aliphatic carbocycles. The lowest BCUT2D eigenvalue weighted by Crippen LogP contribution is -2.70. The highest BCUT2D eigenvalue weighted by Crippen LogP contribution is 2.63. The molecule has 1 aromatic rings. The van der Waals surface area contributed by atoms with E-state index >= 15 is 0 Å². The number of ether oxygens (including phenoxy) is 4. The number of hydrogen-bond acceptors (Lipinski definition) is 11. The average molecular weight is 761 g/mol. The molecule has 8 heterocycles. The molecular weight excluding hydrogens is 701 g/mol. The Morgan fingerprint density at radius 1 is 0.679 bits per heavy atom. The minimum Gasteiger partial charge on any atom is -0.392 e. The van der Waals surface area contributed by atoms with Crippen molar-refractivity contribution in [1.82, 2.24) is 0 Å². The number of sulfone groups is 1. The molecular formula is C41H60O11S. The second-order valence-electron chi connectivity index (χ2n) is 18.8. The van der Waals surface area contributed by atoms with Crippen LogP contribution in [0.1, 0.15) is 111 Å². The van der Waals surface area contributed by atoms with E-state index in [1.165, 1.54) is 0 Å². The Kier molecular flexibility index (Phi) is 9.30. The summed E-state index contributed by atoms with van der Waals surface area (Å²) in [4.78, 5) is 25.2. The minimum absolute atomic E-state index is 0.0543. The van der Waals surface area contributed by atoms with Crippen molar-refractivity contribution in [1.29, 1.82) is 0 Å². The van der Waals surface area contributed by atoms with E-state index < -0.39 is 45.2 Å². The van der Waals surface area contributed by atoms with E-state index in [4.69, 9.17) is 38.5 Å². The molecule has 53 heavy (non-hydrogen) atoms. The third-order valence-corrected chi connectivity index (χ3v) is 17.5. The topological polar surface area (TPSA) is 128 Å². The van der Waals surface area contributed by atoms with Gasteiger partial charge in [-0.3, -0.25) is 0 Å². The van der Waals surface area contributed by atoms with Crippen LogP contribution in [0.15, 0.2) is 29.2 Å². The molecule has 0 unspecified atom stereocenters. The molecule has 2 spiro atoms. The number of aliphatic hydroxyl groups excluding tert-OH is 1. The highest BCUT2D eigenvalue weighted by atomic mass is 32.2. The summed E-state index contributed by atoms with van der Waals surface area (Å²) in [6.45, 7) is 12.8. The van der Waals surface area contributed by atoms with Crippen molar-refractivity contribution in [2.24, 2.45) is 53.3 Å². The molecule has 1 N–H and O–H groups in total. The van der Waals surface area contributed by atoms with Gasteiger partial charge in [0.2, 0.25) is 11.6 Å². The van der Waals surface area contributed by atoms with Crippen molar-refractivity contribution in [3.8, 4) is 0 Å². The fourth-order valence-corrected chi connectivity index (χ4v) is 14.2. The van der Waals surface area contributed by atoms with Crippen molar-refractivity contribution < 1.29 is 52.0 Å². The van der Waals surface area contributed by atoms with Crippen LogP contribution in [0.4, 0.5) is 0 Å². The lowest BCUT2D eigenvalue weighted by atomic mass is 9.56. The maximum Gasteiger partial charge on any atom is 0.201 e. The van der Waals surface area contributed by atoms with Gasteiger partial charge in [0.25, 0.3) is 0 Å². The van der Waals surface area contributed by atoms with Crippen LogP contribution in [0.3, 0.4) is 0 Å². The van der Waals surface area contributed by atoms with Crippen LogP contribution >= 0.6 is 0 Å². The summed E-state index contributed by atoms with van der Waals surface area (Å²) in [5, 5.41) is 9.62. The van der Waals surface area contributed by atoms with Gasteiger partial charge in [-0.2, -0.15) is 0 Å². The molecule has 11 nitrogen and oxygen atoms in total. The van der Waals surface area contributed by atoms with Crippen LogP contribution in [-0.2, 0) is 54.9 Å². The van der Waals surface area contributed by atoms with E-state index in [2.05, 4.69) is 27.7 Å². The molecule has 296 valence electrons. The van der Waals surface area contributed by atoms with Gasteiger partial charge in [0.15, 0.2) is 33.6 Å². The van der Waals surface area contributed by atoms with E-state index in [0.717, 1.165) is 51.4 Å².